The van der Waals surface area contributed by atoms with Crippen molar-refractivity contribution in [2.75, 3.05) is 0 Å². The standard InChI is InChI=1S/C28H24N2O2/c1-2-19-30-20-18-29-28(30)24(21-12-6-3-7-13-21)25(26(31)22-14-8-4-9-15-22)27(32)23-16-10-5-11-17-23/h2-18,20,24-25H,1,19H2. The minimum Gasteiger partial charge on any atom is -0.331 e. The number of carbonyl (C=O) groups excluding carboxylic acids is 2. The van der Waals surface area contributed by atoms with Gasteiger partial charge in [0.05, 0.1) is 11.8 Å². The summed E-state index contributed by atoms with van der Waals surface area (Å²) >= 11 is 0. The third-order valence-corrected chi connectivity index (χ3v) is 5.53. The van der Waals surface area contributed by atoms with Gasteiger partial charge in [0, 0.05) is 30.1 Å². The van der Waals surface area contributed by atoms with Crippen LogP contribution in [0.25, 0.3) is 0 Å². The van der Waals surface area contributed by atoms with Gasteiger partial charge in [0.15, 0.2) is 11.6 Å². The molecular weight excluding hydrogens is 396 g/mol. The van der Waals surface area contributed by atoms with Gasteiger partial charge in [-0.25, -0.2) is 4.98 Å². The van der Waals surface area contributed by atoms with E-state index in [0.717, 1.165) is 5.56 Å². The highest BCUT2D eigenvalue weighted by Gasteiger charge is 2.39. The highest BCUT2D eigenvalue weighted by atomic mass is 16.2. The van der Waals surface area contributed by atoms with Crippen LogP contribution >= 0.6 is 0 Å². The summed E-state index contributed by atoms with van der Waals surface area (Å²) in [6.07, 6.45) is 5.33. The molecular formula is C28H24N2O2. The first kappa shape index (κ1) is 21.2. The second-order valence-electron chi connectivity index (χ2n) is 7.55. The van der Waals surface area contributed by atoms with Crippen LogP contribution < -0.4 is 0 Å². The number of ketones is 2. The number of aromatic nitrogens is 2. The number of hydrogen-bond acceptors (Lipinski definition) is 3. The fourth-order valence-corrected chi connectivity index (χ4v) is 4.03. The zero-order valence-corrected chi connectivity index (χ0v) is 17.7. The zero-order chi connectivity index (χ0) is 22.3. The van der Waals surface area contributed by atoms with E-state index in [2.05, 4.69) is 11.6 Å². The van der Waals surface area contributed by atoms with Crippen LogP contribution in [0.15, 0.2) is 116 Å². The molecule has 158 valence electrons. The molecule has 0 aliphatic heterocycles. The molecule has 0 aliphatic carbocycles. The van der Waals surface area contributed by atoms with E-state index in [1.165, 1.54) is 0 Å². The average Bonchev–Trinajstić information content (AvgIpc) is 3.31. The van der Waals surface area contributed by atoms with E-state index in [1.54, 1.807) is 36.5 Å². The van der Waals surface area contributed by atoms with Crippen LogP contribution in [0.4, 0.5) is 0 Å². The van der Waals surface area contributed by atoms with E-state index in [9.17, 15) is 9.59 Å². The number of rotatable bonds is 9. The Hall–Kier alpha value is -4.05. The van der Waals surface area contributed by atoms with Gasteiger partial charge < -0.3 is 4.57 Å². The van der Waals surface area contributed by atoms with Gasteiger partial charge in [0.25, 0.3) is 0 Å². The summed E-state index contributed by atoms with van der Waals surface area (Å²) in [7, 11) is 0. The van der Waals surface area contributed by atoms with Gasteiger partial charge >= 0.3 is 0 Å². The lowest BCUT2D eigenvalue weighted by Crippen LogP contribution is -2.33. The smallest absolute Gasteiger partial charge is 0.174 e. The quantitative estimate of drug-likeness (QED) is 0.202. The van der Waals surface area contributed by atoms with Crippen LogP contribution in [-0.4, -0.2) is 21.1 Å². The van der Waals surface area contributed by atoms with Crippen molar-refractivity contribution in [3.8, 4) is 0 Å². The van der Waals surface area contributed by atoms with Crippen molar-refractivity contribution in [3.63, 3.8) is 0 Å². The van der Waals surface area contributed by atoms with Crippen molar-refractivity contribution in [2.24, 2.45) is 5.92 Å². The van der Waals surface area contributed by atoms with Crippen molar-refractivity contribution in [2.45, 2.75) is 12.5 Å². The van der Waals surface area contributed by atoms with E-state index in [1.807, 2.05) is 77.5 Å². The van der Waals surface area contributed by atoms with Gasteiger partial charge in [-0.05, 0) is 5.56 Å². The molecule has 4 heteroatoms. The van der Waals surface area contributed by atoms with E-state index in [0.29, 0.717) is 23.5 Å². The maximum Gasteiger partial charge on any atom is 0.174 e. The second-order valence-corrected chi connectivity index (χ2v) is 7.55. The molecule has 1 unspecified atom stereocenters. The molecule has 0 spiro atoms. The fraction of sp³-hybridized carbons (Fsp3) is 0.107. The van der Waals surface area contributed by atoms with Gasteiger partial charge in [-0.3, -0.25) is 9.59 Å². The summed E-state index contributed by atoms with van der Waals surface area (Å²) in [6.45, 7) is 4.37. The first-order chi connectivity index (χ1) is 15.7. The predicted molar refractivity (Wildman–Crippen MR) is 126 cm³/mol. The lowest BCUT2D eigenvalue weighted by atomic mass is 9.76. The largest absolute Gasteiger partial charge is 0.331 e. The highest BCUT2D eigenvalue weighted by Crippen LogP contribution is 2.35. The van der Waals surface area contributed by atoms with Gasteiger partial charge in [-0.15, -0.1) is 6.58 Å². The number of allylic oxidation sites excluding steroid dienone is 1. The lowest BCUT2D eigenvalue weighted by molar-refractivity contribution is 0.0789. The molecule has 4 rings (SSSR count). The molecule has 0 aliphatic rings. The number of Topliss-reactive ketones (excluding diaryl/α,β-unsaturated/α-hetero) is 2. The summed E-state index contributed by atoms with van der Waals surface area (Å²) in [4.78, 5) is 32.3. The third kappa shape index (κ3) is 4.35. The van der Waals surface area contributed by atoms with E-state index in [-0.39, 0.29) is 11.6 Å². The van der Waals surface area contributed by atoms with E-state index < -0.39 is 11.8 Å². The molecule has 0 amide bonds. The van der Waals surface area contributed by atoms with Crippen molar-refractivity contribution in [1.29, 1.82) is 0 Å². The highest BCUT2D eigenvalue weighted by molar-refractivity contribution is 6.17. The molecule has 1 aromatic heterocycles. The topological polar surface area (TPSA) is 52.0 Å². The Morgan fingerprint density at radius 3 is 1.81 bits per heavy atom. The van der Waals surface area contributed by atoms with Gasteiger partial charge in [0.2, 0.25) is 0 Å². The molecule has 0 saturated carbocycles. The molecule has 0 saturated heterocycles. The van der Waals surface area contributed by atoms with Crippen LogP contribution in [0.2, 0.25) is 0 Å². The van der Waals surface area contributed by atoms with Crippen LogP contribution in [0, 0.1) is 5.92 Å². The Bertz CT molecular complexity index is 1150. The number of hydrogen-bond donors (Lipinski definition) is 0. The summed E-state index contributed by atoms with van der Waals surface area (Å²) in [6, 6.07) is 27.6. The molecule has 32 heavy (non-hydrogen) atoms. The minimum atomic E-state index is -0.965. The average molecular weight is 421 g/mol. The Balaban J connectivity index is 1.92. The van der Waals surface area contributed by atoms with Crippen LogP contribution in [0.1, 0.15) is 38.0 Å². The number of carbonyl (C=O) groups is 2. The van der Waals surface area contributed by atoms with Crippen molar-refractivity contribution >= 4 is 11.6 Å². The first-order valence-corrected chi connectivity index (χ1v) is 10.6. The second kappa shape index (κ2) is 9.84. The molecule has 4 aromatic rings. The Morgan fingerprint density at radius 1 is 0.812 bits per heavy atom. The predicted octanol–water partition coefficient (Wildman–Crippen LogP) is 5.58. The molecule has 0 bridgehead atoms. The number of nitrogens with zero attached hydrogens (tertiary/aromatic N) is 2. The van der Waals surface area contributed by atoms with E-state index >= 15 is 0 Å². The summed E-state index contributed by atoms with van der Waals surface area (Å²) < 4.78 is 1.94. The summed E-state index contributed by atoms with van der Waals surface area (Å²) in [5.41, 5.74) is 1.87. The molecule has 1 atom stereocenters. The summed E-state index contributed by atoms with van der Waals surface area (Å²) in [5.74, 6) is -1.29. The van der Waals surface area contributed by atoms with Gasteiger partial charge in [-0.1, -0.05) is 97.1 Å². The molecule has 3 aromatic carbocycles. The SMILES string of the molecule is C=CCn1ccnc1C(c1ccccc1)C(C(=O)c1ccccc1)C(=O)c1ccccc1. The molecule has 4 nitrogen and oxygen atoms in total. The summed E-state index contributed by atoms with van der Waals surface area (Å²) in [5, 5.41) is 0. The van der Waals surface area contributed by atoms with E-state index in [4.69, 9.17) is 0 Å². The number of benzene rings is 3. The Morgan fingerprint density at radius 2 is 1.31 bits per heavy atom. The molecule has 1 heterocycles. The van der Waals surface area contributed by atoms with Gasteiger partial charge in [0.1, 0.15) is 5.82 Å². The first-order valence-electron chi connectivity index (χ1n) is 10.6. The van der Waals surface area contributed by atoms with Gasteiger partial charge in [-0.2, -0.15) is 0 Å². The monoisotopic (exact) mass is 420 g/mol. The maximum absolute atomic E-state index is 13.9. The minimum absolute atomic E-state index is 0.221. The Kier molecular flexibility index (Phi) is 6.52. The van der Waals surface area contributed by atoms with Crippen LogP contribution in [-0.2, 0) is 6.54 Å². The molecule has 0 fully saturated rings. The zero-order valence-electron chi connectivity index (χ0n) is 17.7. The lowest BCUT2D eigenvalue weighted by Gasteiger charge is -2.26. The van der Waals surface area contributed by atoms with Crippen LogP contribution in [0.3, 0.4) is 0 Å². The van der Waals surface area contributed by atoms with Crippen molar-refractivity contribution in [1.82, 2.24) is 9.55 Å². The molecule has 0 radical (unpaired) electrons. The van der Waals surface area contributed by atoms with Crippen molar-refractivity contribution < 1.29 is 9.59 Å². The fourth-order valence-electron chi connectivity index (χ4n) is 4.03. The number of imidazole rings is 1. The Labute approximate surface area is 187 Å². The van der Waals surface area contributed by atoms with Crippen molar-refractivity contribution in [3.05, 3.63) is 139 Å². The normalized spacial score (nSPS) is 11.8. The third-order valence-electron chi connectivity index (χ3n) is 5.53. The van der Waals surface area contributed by atoms with Crippen LogP contribution in [0.5, 0.6) is 0 Å². The maximum atomic E-state index is 13.9. The molecule has 0 N–H and O–H groups in total.